The van der Waals surface area contributed by atoms with E-state index in [2.05, 4.69) is 27.7 Å². The molecule has 3 rings (SSSR count). The molecule has 128 valence electrons. The molecule has 0 bridgehead atoms. The second-order valence-corrected chi connectivity index (χ2v) is 9.56. The predicted molar refractivity (Wildman–Crippen MR) is 90.7 cm³/mol. The van der Waals surface area contributed by atoms with Crippen LogP contribution in [0.4, 0.5) is 0 Å². The first-order valence-electron chi connectivity index (χ1n) is 9.62. The van der Waals surface area contributed by atoms with Gasteiger partial charge in [-0.15, -0.1) is 0 Å². The number of hydrogen-bond acceptors (Lipinski definition) is 2. The van der Waals surface area contributed by atoms with Crippen molar-refractivity contribution in [1.29, 1.82) is 0 Å². The van der Waals surface area contributed by atoms with Gasteiger partial charge < -0.3 is 9.84 Å². The first-order chi connectivity index (χ1) is 10.3. The van der Waals surface area contributed by atoms with Gasteiger partial charge in [0.15, 0.2) is 0 Å². The fourth-order valence-corrected chi connectivity index (χ4v) is 6.09. The molecule has 0 unspecified atom stereocenters. The van der Waals surface area contributed by atoms with E-state index >= 15 is 0 Å². The van der Waals surface area contributed by atoms with Gasteiger partial charge in [-0.3, -0.25) is 0 Å². The predicted octanol–water partition coefficient (Wildman–Crippen LogP) is 4.80. The van der Waals surface area contributed by atoms with Crippen LogP contribution in [0.25, 0.3) is 0 Å². The van der Waals surface area contributed by atoms with Crippen LogP contribution in [0, 0.1) is 29.1 Å². The van der Waals surface area contributed by atoms with E-state index in [4.69, 9.17) is 4.74 Å². The monoisotopic (exact) mass is 308 g/mol. The van der Waals surface area contributed by atoms with E-state index in [1.807, 2.05) is 0 Å². The highest BCUT2D eigenvalue weighted by Gasteiger charge is 2.55. The second kappa shape index (κ2) is 6.09. The van der Waals surface area contributed by atoms with Crippen molar-refractivity contribution in [3.63, 3.8) is 0 Å². The average Bonchev–Trinajstić information content (AvgIpc) is 2.75. The van der Waals surface area contributed by atoms with Gasteiger partial charge in [0, 0.05) is 6.61 Å². The normalized spacial score (nSPS) is 45.4. The molecule has 3 fully saturated rings. The minimum absolute atomic E-state index is 0.0157. The van der Waals surface area contributed by atoms with Crippen molar-refractivity contribution in [3.05, 3.63) is 0 Å². The van der Waals surface area contributed by atoms with Gasteiger partial charge in [0.1, 0.15) is 0 Å². The molecule has 0 aliphatic heterocycles. The molecule has 0 aromatic rings. The van der Waals surface area contributed by atoms with Crippen LogP contribution in [0.15, 0.2) is 0 Å². The van der Waals surface area contributed by atoms with Gasteiger partial charge in [0.25, 0.3) is 0 Å². The molecule has 0 saturated heterocycles. The lowest BCUT2D eigenvalue weighted by atomic mass is 9.55. The molecule has 22 heavy (non-hydrogen) atoms. The molecule has 3 aliphatic carbocycles. The maximum Gasteiger partial charge on any atom is 0.0638 e. The van der Waals surface area contributed by atoms with E-state index < -0.39 is 0 Å². The van der Waals surface area contributed by atoms with E-state index in [1.165, 1.54) is 44.9 Å². The van der Waals surface area contributed by atoms with Crippen LogP contribution in [0.3, 0.4) is 0 Å². The fraction of sp³-hybridized carbons (Fsp3) is 1.00. The zero-order chi connectivity index (χ0) is 16.0. The van der Waals surface area contributed by atoms with Gasteiger partial charge in [0.2, 0.25) is 0 Å². The lowest BCUT2D eigenvalue weighted by Crippen LogP contribution is -2.47. The molecule has 0 aromatic carbocycles. The molecule has 0 radical (unpaired) electrons. The first kappa shape index (κ1) is 16.8. The number of aliphatic hydroxyl groups is 1. The second-order valence-electron chi connectivity index (χ2n) is 9.56. The fourth-order valence-electron chi connectivity index (χ4n) is 6.09. The number of rotatable bonds is 3. The lowest BCUT2D eigenvalue weighted by molar-refractivity contribution is -0.133. The minimum atomic E-state index is -0.0157. The van der Waals surface area contributed by atoms with Gasteiger partial charge in [-0.25, -0.2) is 0 Å². The Morgan fingerprint density at radius 1 is 1.09 bits per heavy atom. The summed E-state index contributed by atoms with van der Waals surface area (Å²) in [6.07, 6.45) is 11.0. The number of fused-ring (bicyclic) bond motifs is 3. The summed E-state index contributed by atoms with van der Waals surface area (Å²) in [7, 11) is 0. The molecule has 0 heterocycles. The highest BCUT2D eigenvalue weighted by Crippen LogP contribution is 2.61. The summed E-state index contributed by atoms with van der Waals surface area (Å²) < 4.78 is 6.48. The number of aliphatic hydroxyl groups excluding tert-OH is 1. The Morgan fingerprint density at radius 2 is 1.86 bits per heavy atom. The smallest absolute Gasteiger partial charge is 0.0638 e. The van der Waals surface area contributed by atoms with Crippen molar-refractivity contribution < 1.29 is 9.84 Å². The molecule has 0 spiro atoms. The van der Waals surface area contributed by atoms with Crippen molar-refractivity contribution in [1.82, 2.24) is 0 Å². The summed E-state index contributed by atoms with van der Waals surface area (Å²) in [6, 6.07) is 0. The van der Waals surface area contributed by atoms with Gasteiger partial charge in [-0.05, 0) is 94.8 Å². The minimum Gasteiger partial charge on any atom is -0.396 e. The summed E-state index contributed by atoms with van der Waals surface area (Å²) >= 11 is 0. The lowest BCUT2D eigenvalue weighted by Gasteiger charge is -2.52. The topological polar surface area (TPSA) is 29.5 Å². The van der Waals surface area contributed by atoms with Crippen LogP contribution >= 0.6 is 0 Å². The maximum atomic E-state index is 9.23. The summed E-state index contributed by atoms with van der Waals surface area (Å²) in [5.41, 5.74) is 0.399. The zero-order valence-electron chi connectivity index (χ0n) is 15.1. The van der Waals surface area contributed by atoms with Crippen LogP contribution in [0.2, 0.25) is 0 Å². The van der Waals surface area contributed by atoms with Crippen LogP contribution in [0.5, 0.6) is 0 Å². The van der Waals surface area contributed by atoms with E-state index in [0.29, 0.717) is 18.1 Å². The molecule has 2 heteroatoms. The largest absolute Gasteiger partial charge is 0.396 e. The number of hydrogen-bond donors (Lipinski definition) is 1. The van der Waals surface area contributed by atoms with Crippen molar-refractivity contribution >= 4 is 0 Å². The van der Waals surface area contributed by atoms with Crippen molar-refractivity contribution in [2.45, 2.75) is 90.8 Å². The molecular formula is C20H36O2. The standard InChI is InChI=1S/C20H36O2/c1-19(2,3)22-18-8-7-17-16-6-5-14(10-12-21)13-15(16)9-11-20(17,18)4/h14-18,21H,5-13H2,1-4H3/t14-,15-,16-,17+,18+,20+/m1/s1. The van der Waals surface area contributed by atoms with Gasteiger partial charge in [0.05, 0.1) is 11.7 Å². The molecule has 2 nitrogen and oxygen atoms in total. The van der Waals surface area contributed by atoms with Crippen LogP contribution in [-0.4, -0.2) is 23.4 Å². The van der Waals surface area contributed by atoms with Gasteiger partial charge in [-0.1, -0.05) is 13.3 Å². The highest BCUT2D eigenvalue weighted by molar-refractivity contribution is 5.05. The van der Waals surface area contributed by atoms with Crippen molar-refractivity contribution in [2.75, 3.05) is 6.61 Å². The van der Waals surface area contributed by atoms with Crippen LogP contribution < -0.4 is 0 Å². The highest BCUT2D eigenvalue weighted by atomic mass is 16.5. The molecule has 0 aromatic heterocycles. The first-order valence-corrected chi connectivity index (χ1v) is 9.62. The Balaban J connectivity index is 1.69. The van der Waals surface area contributed by atoms with E-state index in [0.717, 1.165) is 30.1 Å². The Morgan fingerprint density at radius 3 is 2.55 bits per heavy atom. The third kappa shape index (κ3) is 3.11. The van der Waals surface area contributed by atoms with Gasteiger partial charge in [-0.2, -0.15) is 0 Å². The average molecular weight is 309 g/mol. The Labute approximate surface area is 137 Å². The van der Waals surface area contributed by atoms with E-state index in [1.54, 1.807) is 0 Å². The summed E-state index contributed by atoms with van der Waals surface area (Å²) in [6.45, 7) is 9.52. The van der Waals surface area contributed by atoms with Crippen molar-refractivity contribution in [3.8, 4) is 0 Å². The molecule has 6 atom stereocenters. The molecule has 3 aliphatic rings. The van der Waals surface area contributed by atoms with Crippen LogP contribution in [0.1, 0.15) is 79.1 Å². The maximum absolute atomic E-state index is 9.23. The molecule has 0 amide bonds. The summed E-state index contributed by atoms with van der Waals surface area (Å²) in [4.78, 5) is 0. The molecule has 1 N–H and O–H groups in total. The third-order valence-electron chi connectivity index (χ3n) is 7.08. The van der Waals surface area contributed by atoms with E-state index in [-0.39, 0.29) is 5.60 Å². The Bertz CT molecular complexity index is 386. The van der Waals surface area contributed by atoms with E-state index in [9.17, 15) is 5.11 Å². The SMILES string of the molecule is CC(C)(C)O[C@H]1CC[C@H]2[C@@H]3CC[C@H](CCO)C[C@H]3CC[C@]12C. The zero-order valence-corrected chi connectivity index (χ0v) is 15.1. The third-order valence-corrected chi connectivity index (χ3v) is 7.08. The Kier molecular flexibility index (Phi) is 4.64. The molecule has 3 saturated carbocycles. The van der Waals surface area contributed by atoms with Crippen molar-refractivity contribution in [2.24, 2.45) is 29.1 Å². The number of ether oxygens (including phenoxy) is 1. The van der Waals surface area contributed by atoms with Crippen LogP contribution in [-0.2, 0) is 4.74 Å². The van der Waals surface area contributed by atoms with Gasteiger partial charge >= 0.3 is 0 Å². The summed E-state index contributed by atoms with van der Waals surface area (Å²) in [5.74, 6) is 3.53. The quantitative estimate of drug-likeness (QED) is 0.812. The molecular weight excluding hydrogens is 272 g/mol. The summed E-state index contributed by atoms with van der Waals surface area (Å²) in [5, 5.41) is 9.23. The Hall–Kier alpha value is -0.0800.